The van der Waals surface area contributed by atoms with Crippen LogP contribution in [0.1, 0.15) is 6.92 Å². The number of hydrogen-bond acceptors (Lipinski definition) is 8. The summed E-state index contributed by atoms with van der Waals surface area (Å²) in [4.78, 5) is 24.9. The molecule has 1 amide bonds. The fourth-order valence-electron chi connectivity index (χ4n) is 2.55. The van der Waals surface area contributed by atoms with E-state index in [1.165, 1.54) is 59.6 Å². The lowest BCUT2D eigenvalue weighted by molar-refractivity contribution is -0.126. The van der Waals surface area contributed by atoms with Gasteiger partial charge in [0.25, 0.3) is 5.91 Å². The second kappa shape index (κ2) is 10.8. The number of carbonyl (C=O) groups is 2. The number of methoxy groups -OCH3 is 4. The molecule has 0 aliphatic heterocycles. The highest BCUT2D eigenvalue weighted by molar-refractivity contribution is 6.33. The maximum Gasteiger partial charge on any atom is 0.258 e. The lowest BCUT2D eigenvalue weighted by Crippen LogP contribution is -2.32. The number of ketones is 1. The molecule has 2 aromatic carbocycles. The molecule has 2 rings (SSSR count). The van der Waals surface area contributed by atoms with Crippen LogP contribution in [0.15, 0.2) is 34.5 Å². The molecule has 0 aliphatic rings. The van der Waals surface area contributed by atoms with Gasteiger partial charge in [0.15, 0.2) is 11.5 Å². The Hall–Kier alpha value is -3.04. The lowest BCUT2D eigenvalue weighted by atomic mass is 10.2. The molecule has 0 saturated carbocycles. The van der Waals surface area contributed by atoms with Crippen LogP contribution >= 0.6 is 23.2 Å². The van der Waals surface area contributed by atoms with Crippen LogP contribution in [0.3, 0.4) is 0 Å². The minimum atomic E-state index is -1.44. The molecule has 0 saturated heterocycles. The van der Waals surface area contributed by atoms with E-state index in [0.29, 0.717) is 16.5 Å². The third-order valence-corrected chi connectivity index (χ3v) is 4.66. The molecule has 9 nitrogen and oxygen atoms in total. The van der Waals surface area contributed by atoms with Crippen molar-refractivity contribution in [3.05, 3.63) is 34.3 Å². The summed E-state index contributed by atoms with van der Waals surface area (Å²) in [7, 11) is 5.70. The average molecular weight is 470 g/mol. The maximum absolute atomic E-state index is 12.8. The van der Waals surface area contributed by atoms with Gasteiger partial charge >= 0.3 is 0 Å². The van der Waals surface area contributed by atoms with Crippen molar-refractivity contribution in [3.63, 3.8) is 0 Å². The van der Waals surface area contributed by atoms with Crippen molar-refractivity contribution < 1.29 is 28.5 Å². The molecule has 1 N–H and O–H groups in total. The number of azo groups is 1. The average Bonchev–Trinajstić information content (AvgIpc) is 2.74. The molecule has 0 spiro atoms. The second-order valence-corrected chi connectivity index (χ2v) is 6.88. The summed E-state index contributed by atoms with van der Waals surface area (Å²) < 4.78 is 20.7. The monoisotopic (exact) mass is 469 g/mol. The van der Waals surface area contributed by atoms with Crippen LogP contribution in [0, 0.1) is 0 Å². The molecule has 0 heterocycles. The van der Waals surface area contributed by atoms with Gasteiger partial charge in [0, 0.05) is 24.3 Å². The van der Waals surface area contributed by atoms with Crippen molar-refractivity contribution >= 4 is 46.3 Å². The van der Waals surface area contributed by atoms with Gasteiger partial charge < -0.3 is 24.3 Å². The number of halogens is 2. The Balaban J connectivity index is 2.37. The number of rotatable bonds is 9. The first-order valence-electron chi connectivity index (χ1n) is 8.80. The smallest absolute Gasteiger partial charge is 0.258 e. The SMILES string of the molecule is COc1cc(Cl)c(OC)c(N=NC(C(C)=O)C(=O)Nc2cc(OC)c(Cl)cc2OC)c1. The van der Waals surface area contributed by atoms with Gasteiger partial charge in [-0.05, 0) is 6.92 Å². The first-order valence-corrected chi connectivity index (χ1v) is 9.56. The van der Waals surface area contributed by atoms with Crippen LogP contribution in [0.4, 0.5) is 11.4 Å². The molecule has 2 aromatic rings. The summed E-state index contributed by atoms with van der Waals surface area (Å²) in [6.45, 7) is 1.22. The Kier molecular flexibility index (Phi) is 8.47. The van der Waals surface area contributed by atoms with Crippen LogP contribution in [0.25, 0.3) is 0 Å². The summed E-state index contributed by atoms with van der Waals surface area (Å²) in [5.74, 6) is -0.0465. The van der Waals surface area contributed by atoms with Crippen molar-refractivity contribution in [1.82, 2.24) is 0 Å². The number of benzene rings is 2. The van der Waals surface area contributed by atoms with Gasteiger partial charge in [0.1, 0.15) is 22.9 Å². The molecule has 166 valence electrons. The Labute approximate surface area is 189 Å². The van der Waals surface area contributed by atoms with Crippen LogP contribution in [0.5, 0.6) is 23.0 Å². The summed E-state index contributed by atoms with van der Waals surface area (Å²) in [6.07, 6.45) is 0. The Morgan fingerprint density at radius 3 is 2.13 bits per heavy atom. The minimum absolute atomic E-state index is 0.191. The molecule has 1 unspecified atom stereocenters. The number of carbonyl (C=O) groups excluding carboxylic acids is 2. The molecule has 0 fully saturated rings. The topological polar surface area (TPSA) is 108 Å². The fourth-order valence-corrected chi connectivity index (χ4v) is 3.06. The Morgan fingerprint density at radius 2 is 1.58 bits per heavy atom. The first-order chi connectivity index (χ1) is 14.7. The van der Waals surface area contributed by atoms with Crippen LogP contribution in [0.2, 0.25) is 10.0 Å². The van der Waals surface area contributed by atoms with E-state index in [1.807, 2.05) is 0 Å². The van der Waals surface area contributed by atoms with Crippen molar-refractivity contribution in [2.24, 2.45) is 10.2 Å². The maximum atomic E-state index is 12.8. The highest BCUT2D eigenvalue weighted by atomic mass is 35.5. The number of ether oxygens (including phenoxy) is 4. The number of hydrogen-bond donors (Lipinski definition) is 1. The molecule has 0 bridgehead atoms. The molecular formula is C20H21Cl2N3O6. The van der Waals surface area contributed by atoms with E-state index in [9.17, 15) is 9.59 Å². The van der Waals surface area contributed by atoms with Crippen molar-refractivity contribution in [2.45, 2.75) is 13.0 Å². The van der Waals surface area contributed by atoms with Gasteiger partial charge in [-0.3, -0.25) is 9.59 Å². The number of nitrogens with zero attached hydrogens (tertiary/aromatic N) is 2. The van der Waals surface area contributed by atoms with Crippen LogP contribution in [-0.4, -0.2) is 46.2 Å². The van der Waals surface area contributed by atoms with E-state index in [0.717, 1.165) is 0 Å². The summed E-state index contributed by atoms with van der Waals surface area (Å²) in [5, 5.41) is 11.0. The van der Waals surface area contributed by atoms with Crippen molar-refractivity contribution in [1.29, 1.82) is 0 Å². The van der Waals surface area contributed by atoms with E-state index >= 15 is 0 Å². The standard InChI is InChI=1S/C20H21Cl2N3O6/c1-10(26)18(25-24-15-7-11(28-2)6-13(22)19(15)31-5)20(27)23-14-9-16(29-3)12(21)8-17(14)30-4/h6-9,18H,1-5H3,(H,23,27). The van der Waals surface area contributed by atoms with Gasteiger partial charge in [-0.15, -0.1) is 0 Å². The number of Topliss-reactive ketones (excluding diaryl/α,β-unsaturated/α-hetero) is 1. The van der Waals surface area contributed by atoms with E-state index in [4.69, 9.17) is 42.1 Å². The van der Waals surface area contributed by atoms with E-state index in [-0.39, 0.29) is 27.9 Å². The number of nitrogens with one attached hydrogen (secondary N) is 1. The number of anilines is 1. The lowest BCUT2D eigenvalue weighted by Gasteiger charge is -2.15. The second-order valence-electron chi connectivity index (χ2n) is 6.07. The van der Waals surface area contributed by atoms with E-state index < -0.39 is 17.7 Å². The zero-order valence-electron chi connectivity index (χ0n) is 17.5. The molecule has 31 heavy (non-hydrogen) atoms. The summed E-state index contributed by atoms with van der Waals surface area (Å²) >= 11 is 12.2. The molecular weight excluding hydrogens is 449 g/mol. The molecule has 1 atom stereocenters. The predicted octanol–water partition coefficient (Wildman–Crippen LogP) is 4.71. The quantitative estimate of drug-likeness (QED) is 0.420. The third-order valence-electron chi connectivity index (χ3n) is 4.08. The van der Waals surface area contributed by atoms with E-state index in [1.54, 1.807) is 0 Å². The zero-order valence-corrected chi connectivity index (χ0v) is 19.0. The largest absolute Gasteiger partial charge is 0.497 e. The van der Waals surface area contributed by atoms with Gasteiger partial charge in [-0.1, -0.05) is 23.2 Å². The molecule has 11 heteroatoms. The number of amides is 1. The predicted molar refractivity (Wildman–Crippen MR) is 117 cm³/mol. The minimum Gasteiger partial charge on any atom is -0.497 e. The highest BCUT2D eigenvalue weighted by Crippen LogP contribution is 2.39. The highest BCUT2D eigenvalue weighted by Gasteiger charge is 2.25. The normalized spacial score (nSPS) is 11.7. The first kappa shape index (κ1) is 24.2. The summed E-state index contributed by atoms with van der Waals surface area (Å²) in [6, 6.07) is 4.55. The zero-order chi connectivity index (χ0) is 23.1. The van der Waals surface area contributed by atoms with Gasteiger partial charge in [-0.25, -0.2) is 0 Å². The van der Waals surface area contributed by atoms with Crippen LogP contribution in [-0.2, 0) is 9.59 Å². The van der Waals surface area contributed by atoms with Gasteiger partial charge in [-0.2, -0.15) is 10.2 Å². The van der Waals surface area contributed by atoms with E-state index in [2.05, 4.69) is 15.5 Å². The molecule has 0 aliphatic carbocycles. The van der Waals surface area contributed by atoms with Gasteiger partial charge in [0.2, 0.25) is 6.04 Å². The third kappa shape index (κ3) is 5.77. The molecule has 0 radical (unpaired) electrons. The van der Waals surface area contributed by atoms with Gasteiger partial charge in [0.05, 0.1) is 44.2 Å². The van der Waals surface area contributed by atoms with Crippen LogP contribution < -0.4 is 24.3 Å². The van der Waals surface area contributed by atoms with Crippen molar-refractivity contribution in [2.75, 3.05) is 33.8 Å². The Bertz CT molecular complexity index is 1010. The molecule has 0 aromatic heterocycles. The summed E-state index contributed by atoms with van der Waals surface area (Å²) in [5.41, 5.74) is 0.439. The van der Waals surface area contributed by atoms with Crippen molar-refractivity contribution in [3.8, 4) is 23.0 Å². The Morgan fingerprint density at radius 1 is 0.903 bits per heavy atom. The fraction of sp³-hybridized carbons (Fsp3) is 0.300.